The zero-order chi connectivity index (χ0) is 13.9. The van der Waals surface area contributed by atoms with Crippen molar-refractivity contribution in [1.82, 2.24) is 10.6 Å². The molecule has 0 aromatic carbocycles. The van der Waals surface area contributed by atoms with Crippen LogP contribution >= 0.6 is 0 Å². The van der Waals surface area contributed by atoms with Crippen molar-refractivity contribution in [3.63, 3.8) is 0 Å². The molecule has 0 aromatic heterocycles. The average Bonchev–Trinajstić information content (AvgIpc) is 2.96. The SMILES string of the molecule is CC1(C(=O)NC2C3(C)CCC(C3)C2(C)C)CCCN1. The lowest BCUT2D eigenvalue weighted by Crippen LogP contribution is -2.59. The normalized spacial score (nSPS) is 47.6. The molecule has 0 spiro atoms. The van der Waals surface area contributed by atoms with E-state index in [1.54, 1.807) is 0 Å². The molecule has 1 aliphatic heterocycles. The summed E-state index contributed by atoms with van der Waals surface area (Å²) in [5, 5.41) is 6.80. The summed E-state index contributed by atoms with van der Waals surface area (Å²) in [4.78, 5) is 12.7. The predicted molar refractivity (Wildman–Crippen MR) is 76.8 cm³/mol. The molecule has 2 aliphatic carbocycles. The van der Waals surface area contributed by atoms with Crippen molar-refractivity contribution < 1.29 is 4.79 Å². The summed E-state index contributed by atoms with van der Waals surface area (Å²) in [5.41, 5.74) is 0.227. The van der Waals surface area contributed by atoms with Gasteiger partial charge in [0.1, 0.15) is 0 Å². The highest BCUT2D eigenvalue weighted by molar-refractivity contribution is 5.86. The number of carbonyl (C=O) groups is 1. The Kier molecular flexibility index (Phi) is 2.80. The second-order valence-corrected chi connectivity index (χ2v) is 8.18. The summed E-state index contributed by atoms with van der Waals surface area (Å²) in [7, 11) is 0. The molecule has 1 saturated heterocycles. The van der Waals surface area contributed by atoms with Crippen LogP contribution < -0.4 is 10.6 Å². The van der Waals surface area contributed by atoms with Gasteiger partial charge in [-0.05, 0) is 62.3 Å². The first-order valence-corrected chi connectivity index (χ1v) is 7.84. The molecule has 4 unspecified atom stereocenters. The number of amides is 1. The van der Waals surface area contributed by atoms with E-state index in [1.165, 1.54) is 19.3 Å². The summed E-state index contributed by atoms with van der Waals surface area (Å²) >= 11 is 0. The van der Waals surface area contributed by atoms with E-state index in [4.69, 9.17) is 0 Å². The molecule has 3 rings (SSSR count). The molecule has 2 saturated carbocycles. The number of hydrogen-bond acceptors (Lipinski definition) is 2. The minimum absolute atomic E-state index is 0.219. The van der Waals surface area contributed by atoms with Crippen LogP contribution in [0.4, 0.5) is 0 Å². The van der Waals surface area contributed by atoms with Crippen LogP contribution in [0.2, 0.25) is 0 Å². The van der Waals surface area contributed by atoms with Crippen LogP contribution in [0.3, 0.4) is 0 Å². The minimum atomic E-state index is -0.339. The Labute approximate surface area is 116 Å². The minimum Gasteiger partial charge on any atom is -0.351 e. The third kappa shape index (κ3) is 1.84. The molecule has 2 N–H and O–H groups in total. The Morgan fingerprint density at radius 2 is 1.95 bits per heavy atom. The van der Waals surface area contributed by atoms with Crippen LogP contribution in [0.25, 0.3) is 0 Å². The fourth-order valence-corrected chi connectivity index (χ4v) is 5.04. The Balaban J connectivity index is 1.78. The molecule has 19 heavy (non-hydrogen) atoms. The fourth-order valence-electron chi connectivity index (χ4n) is 5.04. The van der Waals surface area contributed by atoms with Crippen molar-refractivity contribution in [2.45, 2.75) is 71.4 Å². The smallest absolute Gasteiger partial charge is 0.240 e. The van der Waals surface area contributed by atoms with Crippen LogP contribution in [0.1, 0.15) is 59.8 Å². The summed E-state index contributed by atoms with van der Waals surface area (Å²) in [5.74, 6) is 1.00. The van der Waals surface area contributed by atoms with Crippen LogP contribution in [0.15, 0.2) is 0 Å². The van der Waals surface area contributed by atoms with Crippen LogP contribution in [0.5, 0.6) is 0 Å². The van der Waals surface area contributed by atoms with Gasteiger partial charge in [0.25, 0.3) is 0 Å². The first-order chi connectivity index (χ1) is 8.78. The summed E-state index contributed by atoms with van der Waals surface area (Å²) in [6.07, 6.45) is 5.97. The van der Waals surface area contributed by atoms with E-state index >= 15 is 0 Å². The molecular weight excluding hydrogens is 236 g/mol. The standard InChI is InChI=1S/C16H28N2O/c1-14(2)11-6-8-15(3,10-11)12(14)18-13(19)16(4)7-5-9-17-16/h11-12,17H,5-10H2,1-4H3,(H,18,19). The maximum Gasteiger partial charge on any atom is 0.240 e. The van der Waals surface area contributed by atoms with Crippen molar-refractivity contribution in [2.75, 3.05) is 6.54 Å². The highest BCUT2D eigenvalue weighted by atomic mass is 16.2. The Bertz CT molecular complexity index is 393. The van der Waals surface area contributed by atoms with Gasteiger partial charge in [0.05, 0.1) is 5.54 Å². The highest BCUT2D eigenvalue weighted by Gasteiger charge is 2.60. The van der Waals surface area contributed by atoms with Gasteiger partial charge < -0.3 is 10.6 Å². The van der Waals surface area contributed by atoms with E-state index in [-0.39, 0.29) is 16.9 Å². The van der Waals surface area contributed by atoms with Crippen molar-refractivity contribution in [3.8, 4) is 0 Å². The zero-order valence-corrected chi connectivity index (χ0v) is 12.8. The lowest BCUT2D eigenvalue weighted by molar-refractivity contribution is -0.129. The topological polar surface area (TPSA) is 41.1 Å². The van der Waals surface area contributed by atoms with Gasteiger partial charge >= 0.3 is 0 Å². The average molecular weight is 264 g/mol. The Morgan fingerprint density at radius 3 is 2.47 bits per heavy atom. The van der Waals surface area contributed by atoms with Crippen LogP contribution in [-0.2, 0) is 4.79 Å². The summed E-state index contributed by atoms with van der Waals surface area (Å²) < 4.78 is 0. The first kappa shape index (κ1) is 13.4. The molecule has 3 aliphatic rings. The number of rotatable bonds is 2. The van der Waals surface area contributed by atoms with Gasteiger partial charge in [-0.1, -0.05) is 20.8 Å². The van der Waals surface area contributed by atoms with Crippen LogP contribution in [0, 0.1) is 16.7 Å². The third-order valence-corrected chi connectivity index (χ3v) is 6.42. The maximum atomic E-state index is 12.7. The number of fused-ring (bicyclic) bond motifs is 2. The Hall–Kier alpha value is -0.570. The van der Waals surface area contributed by atoms with Gasteiger partial charge in [0, 0.05) is 6.04 Å². The lowest BCUT2D eigenvalue weighted by atomic mass is 9.68. The van der Waals surface area contributed by atoms with Gasteiger partial charge in [0.15, 0.2) is 0 Å². The third-order valence-electron chi connectivity index (χ3n) is 6.42. The lowest BCUT2D eigenvalue weighted by Gasteiger charge is -2.44. The molecule has 0 aromatic rings. The molecule has 3 nitrogen and oxygen atoms in total. The first-order valence-electron chi connectivity index (χ1n) is 7.84. The van der Waals surface area contributed by atoms with Crippen molar-refractivity contribution in [2.24, 2.45) is 16.7 Å². The fraction of sp³-hybridized carbons (Fsp3) is 0.938. The second kappa shape index (κ2) is 3.97. The largest absolute Gasteiger partial charge is 0.351 e. The number of hydrogen-bond donors (Lipinski definition) is 2. The molecule has 0 radical (unpaired) electrons. The van der Waals surface area contributed by atoms with Crippen molar-refractivity contribution >= 4 is 5.91 Å². The monoisotopic (exact) mass is 264 g/mol. The number of carbonyl (C=O) groups excluding carboxylic acids is 1. The summed E-state index contributed by atoms with van der Waals surface area (Å²) in [6, 6.07) is 0.338. The van der Waals surface area contributed by atoms with E-state index < -0.39 is 0 Å². The molecule has 1 heterocycles. The predicted octanol–water partition coefficient (Wildman–Crippen LogP) is 2.46. The molecule has 2 bridgehead atoms. The van der Waals surface area contributed by atoms with Gasteiger partial charge in [-0.15, -0.1) is 0 Å². The molecule has 3 fully saturated rings. The van der Waals surface area contributed by atoms with Gasteiger partial charge in [-0.2, -0.15) is 0 Å². The quantitative estimate of drug-likeness (QED) is 0.804. The van der Waals surface area contributed by atoms with E-state index in [9.17, 15) is 4.79 Å². The highest BCUT2D eigenvalue weighted by Crippen LogP contribution is 2.62. The zero-order valence-electron chi connectivity index (χ0n) is 12.8. The van der Waals surface area contributed by atoms with Gasteiger partial charge in [-0.3, -0.25) is 4.79 Å². The van der Waals surface area contributed by atoms with Crippen molar-refractivity contribution in [3.05, 3.63) is 0 Å². The van der Waals surface area contributed by atoms with Crippen molar-refractivity contribution in [1.29, 1.82) is 0 Å². The van der Waals surface area contributed by atoms with E-state index in [0.717, 1.165) is 25.3 Å². The van der Waals surface area contributed by atoms with Gasteiger partial charge in [0.2, 0.25) is 5.91 Å². The van der Waals surface area contributed by atoms with Gasteiger partial charge in [-0.25, -0.2) is 0 Å². The van der Waals surface area contributed by atoms with Crippen LogP contribution in [-0.4, -0.2) is 24.0 Å². The number of nitrogens with one attached hydrogen (secondary N) is 2. The molecule has 3 heteroatoms. The van der Waals surface area contributed by atoms with E-state index in [1.807, 2.05) is 0 Å². The molecule has 4 atom stereocenters. The Morgan fingerprint density at radius 1 is 1.21 bits per heavy atom. The maximum absolute atomic E-state index is 12.7. The molecule has 108 valence electrons. The second-order valence-electron chi connectivity index (χ2n) is 8.18. The molecule has 1 amide bonds. The van der Waals surface area contributed by atoms with E-state index in [0.29, 0.717) is 11.5 Å². The summed E-state index contributed by atoms with van der Waals surface area (Å²) in [6.45, 7) is 10.1. The van der Waals surface area contributed by atoms with E-state index in [2.05, 4.69) is 38.3 Å². The molecular formula is C16H28N2O.